The molecule has 3 aliphatic heterocycles. The van der Waals surface area contributed by atoms with Crippen LogP contribution in [-0.2, 0) is 20.9 Å². The normalized spacial score (nSPS) is 20.4. The number of nitrogens with one attached hydrogen (secondary N) is 3. The summed E-state index contributed by atoms with van der Waals surface area (Å²) in [5, 5.41) is 39.0. The van der Waals surface area contributed by atoms with Gasteiger partial charge in [0.05, 0.1) is 41.3 Å². The number of benzene rings is 2. The van der Waals surface area contributed by atoms with Crippen molar-refractivity contribution in [3.63, 3.8) is 0 Å². The fraction of sp³-hybridized carbons (Fsp3) is 0.436. The Morgan fingerprint density at radius 1 is 1.06 bits per heavy atom. The molecule has 0 spiro atoms. The van der Waals surface area contributed by atoms with Crippen molar-refractivity contribution in [2.45, 2.75) is 64.9 Å². The molecule has 284 valence electrons. The minimum Gasteiger partial charge on any atom is -0.507 e. The largest absolute Gasteiger partial charge is 0.507 e. The Morgan fingerprint density at radius 2 is 1.83 bits per heavy atom. The summed E-state index contributed by atoms with van der Waals surface area (Å²) < 4.78 is 0. The van der Waals surface area contributed by atoms with Gasteiger partial charge >= 0.3 is 0 Å². The monoisotopic (exact) mass is 753 g/mol. The third-order valence-electron chi connectivity index (χ3n) is 10.4. The van der Waals surface area contributed by atoms with Gasteiger partial charge in [-0.05, 0) is 36.1 Å². The van der Waals surface area contributed by atoms with Gasteiger partial charge in [0, 0.05) is 61.7 Å². The number of nitrogens with zero attached hydrogens (tertiary/aromatic N) is 6. The molecule has 4 atom stereocenters. The Kier molecular flexibility index (Phi) is 10.6. The van der Waals surface area contributed by atoms with E-state index in [1.165, 1.54) is 4.90 Å². The van der Waals surface area contributed by atoms with E-state index in [-0.39, 0.29) is 49.7 Å². The van der Waals surface area contributed by atoms with Gasteiger partial charge in [0.2, 0.25) is 17.7 Å². The number of hydrogen-bond acceptors (Lipinski definition) is 12. The smallest absolute Gasteiger partial charge is 0.246 e. The summed E-state index contributed by atoms with van der Waals surface area (Å²) in [5.41, 5.74) is 6.07. The van der Waals surface area contributed by atoms with Crippen molar-refractivity contribution >= 4 is 40.6 Å². The lowest BCUT2D eigenvalue weighted by Crippen LogP contribution is -2.61. The highest BCUT2D eigenvalue weighted by molar-refractivity contribution is 7.10. The Morgan fingerprint density at radius 3 is 2.56 bits per heavy atom. The molecule has 0 unspecified atom stereocenters. The summed E-state index contributed by atoms with van der Waals surface area (Å²) in [6, 6.07) is 15.1. The van der Waals surface area contributed by atoms with Crippen LogP contribution in [-0.4, -0.2) is 116 Å². The fourth-order valence-corrected chi connectivity index (χ4v) is 8.12. The summed E-state index contributed by atoms with van der Waals surface area (Å²) in [6.07, 6.45) is -0.736. The Labute approximate surface area is 318 Å². The molecule has 2 aromatic heterocycles. The Bertz CT molecular complexity index is 2020. The van der Waals surface area contributed by atoms with Crippen LogP contribution in [0.5, 0.6) is 5.75 Å². The van der Waals surface area contributed by atoms with E-state index in [9.17, 15) is 24.6 Å². The number of hydrogen-bond donors (Lipinski definition) is 5. The molecule has 5 N–H and O–H groups in total. The van der Waals surface area contributed by atoms with Crippen molar-refractivity contribution in [3.05, 3.63) is 70.5 Å². The third kappa shape index (κ3) is 7.88. The maximum Gasteiger partial charge on any atom is 0.246 e. The van der Waals surface area contributed by atoms with Gasteiger partial charge in [-0.1, -0.05) is 57.2 Å². The van der Waals surface area contributed by atoms with Gasteiger partial charge in [0.25, 0.3) is 0 Å². The van der Waals surface area contributed by atoms with Crippen molar-refractivity contribution in [2.75, 3.05) is 49.5 Å². The summed E-state index contributed by atoms with van der Waals surface area (Å²) in [4.78, 5) is 52.6. The number of likely N-dealkylation sites (tertiary alicyclic amines) is 1. The zero-order valence-electron chi connectivity index (χ0n) is 31.0. The molecule has 2 aromatic carbocycles. The van der Waals surface area contributed by atoms with Crippen LogP contribution in [0.3, 0.4) is 0 Å². The highest BCUT2D eigenvalue weighted by atomic mass is 32.1. The highest BCUT2D eigenvalue weighted by Crippen LogP contribution is 2.36. The first-order valence-corrected chi connectivity index (χ1v) is 19.2. The molecule has 54 heavy (non-hydrogen) atoms. The lowest BCUT2D eigenvalue weighted by Gasteiger charge is -2.45. The lowest BCUT2D eigenvalue weighted by molar-refractivity contribution is -0.144. The second-order valence-electron chi connectivity index (χ2n) is 15.4. The number of aromatic hydroxyl groups is 1. The number of carbonyl (C=O) groups is 3. The second-order valence-corrected chi connectivity index (χ2v) is 16.4. The number of piperazine rings is 1. The van der Waals surface area contributed by atoms with E-state index < -0.39 is 29.5 Å². The molecule has 2 fully saturated rings. The van der Waals surface area contributed by atoms with Gasteiger partial charge in [-0.15, -0.1) is 21.5 Å². The topological polar surface area (TPSA) is 176 Å². The first-order valence-electron chi connectivity index (χ1n) is 18.3. The van der Waals surface area contributed by atoms with E-state index >= 15 is 0 Å². The number of aryl methyl sites for hydroxylation is 1. The molecular weight excluding hydrogens is 707 g/mol. The summed E-state index contributed by atoms with van der Waals surface area (Å²) in [5.74, 6) is -0.217. The number of phenolic OH excluding ortho intramolecular Hbond substituents is 1. The van der Waals surface area contributed by atoms with Crippen molar-refractivity contribution in [1.82, 2.24) is 35.6 Å². The molecule has 3 aliphatic rings. The number of phenols is 1. The molecule has 3 amide bonds. The van der Waals surface area contributed by atoms with Crippen molar-refractivity contribution in [3.8, 4) is 28.3 Å². The minimum atomic E-state index is -0.914. The number of amides is 3. The van der Waals surface area contributed by atoms with Crippen LogP contribution in [0.4, 0.5) is 11.5 Å². The number of aliphatic hydroxyl groups excluding tert-OH is 1. The van der Waals surface area contributed by atoms with Gasteiger partial charge < -0.3 is 36.0 Å². The number of para-hydroxylation sites is 1. The Balaban J connectivity index is 0.961. The number of thiazole rings is 1. The van der Waals surface area contributed by atoms with Crippen LogP contribution in [0.1, 0.15) is 37.6 Å². The van der Waals surface area contributed by atoms with E-state index in [0.717, 1.165) is 27.4 Å². The quantitative estimate of drug-likeness (QED) is 0.170. The SMILES string of the molecule is Cc1scnc1-c1ccc(CNC(=O)[C@@H]2C[C@@H](O)CN2C(=O)[C@@H](NC(=O)CN2CCN3c4cc(-c5ccccc5O)nnc4NC[C@@H]3C2)C(C)(C)C)cc1. The van der Waals surface area contributed by atoms with Crippen LogP contribution in [0, 0.1) is 12.3 Å². The van der Waals surface area contributed by atoms with Gasteiger partial charge in [0.1, 0.15) is 17.8 Å². The number of carbonyl (C=O) groups excluding carboxylic acids is 3. The average molecular weight is 754 g/mol. The zero-order chi connectivity index (χ0) is 38.1. The number of anilines is 2. The van der Waals surface area contributed by atoms with Gasteiger partial charge in [-0.25, -0.2) is 4.98 Å². The van der Waals surface area contributed by atoms with Crippen LogP contribution in [0.15, 0.2) is 60.1 Å². The molecule has 15 heteroatoms. The van der Waals surface area contributed by atoms with E-state index in [2.05, 4.69) is 40.9 Å². The maximum atomic E-state index is 14.1. The molecule has 0 bridgehead atoms. The van der Waals surface area contributed by atoms with Gasteiger partial charge in [-0.3, -0.25) is 19.3 Å². The van der Waals surface area contributed by atoms with Crippen molar-refractivity contribution in [2.24, 2.45) is 5.41 Å². The zero-order valence-corrected chi connectivity index (χ0v) is 31.8. The molecule has 2 saturated heterocycles. The number of fused-ring (bicyclic) bond motifs is 3. The lowest BCUT2D eigenvalue weighted by atomic mass is 9.85. The van der Waals surface area contributed by atoms with E-state index in [4.69, 9.17) is 0 Å². The van der Waals surface area contributed by atoms with E-state index in [0.29, 0.717) is 43.3 Å². The number of β-amino-alcohol motifs (C(OH)–C–C–N with tert-alkyl or cyclic N) is 1. The predicted octanol–water partition coefficient (Wildman–Crippen LogP) is 3.01. The molecule has 14 nitrogen and oxygen atoms in total. The molecule has 5 heterocycles. The molecule has 7 rings (SSSR count). The molecular formula is C39H47N9O5S. The average Bonchev–Trinajstić information content (AvgIpc) is 3.77. The van der Waals surface area contributed by atoms with Crippen molar-refractivity contribution in [1.29, 1.82) is 0 Å². The third-order valence-corrected chi connectivity index (χ3v) is 11.2. The van der Waals surface area contributed by atoms with E-state index in [1.807, 2.05) is 69.6 Å². The summed E-state index contributed by atoms with van der Waals surface area (Å²) in [6.45, 7) is 10.5. The molecule has 0 saturated carbocycles. The molecule has 0 radical (unpaired) electrons. The second kappa shape index (κ2) is 15.3. The predicted molar refractivity (Wildman–Crippen MR) is 207 cm³/mol. The summed E-state index contributed by atoms with van der Waals surface area (Å²) >= 11 is 1.59. The van der Waals surface area contributed by atoms with Crippen LogP contribution in [0.2, 0.25) is 0 Å². The highest BCUT2D eigenvalue weighted by Gasteiger charge is 2.45. The number of rotatable bonds is 9. The van der Waals surface area contributed by atoms with Crippen molar-refractivity contribution < 1.29 is 24.6 Å². The molecule has 0 aliphatic carbocycles. The summed E-state index contributed by atoms with van der Waals surface area (Å²) in [7, 11) is 0. The van der Waals surface area contributed by atoms with E-state index in [1.54, 1.807) is 29.5 Å². The van der Waals surface area contributed by atoms with Crippen LogP contribution in [0.25, 0.3) is 22.5 Å². The minimum absolute atomic E-state index is 0.00908. The van der Waals surface area contributed by atoms with Gasteiger partial charge in [0.15, 0.2) is 5.82 Å². The fourth-order valence-electron chi connectivity index (χ4n) is 7.52. The van der Waals surface area contributed by atoms with Crippen LogP contribution < -0.4 is 20.9 Å². The molecule has 4 aromatic rings. The van der Waals surface area contributed by atoms with Crippen LogP contribution >= 0.6 is 11.3 Å². The number of aromatic nitrogens is 3. The number of aliphatic hydroxyl groups is 1. The Hall–Kier alpha value is -5.12. The first kappa shape index (κ1) is 37.2. The first-order chi connectivity index (χ1) is 25.9. The van der Waals surface area contributed by atoms with Gasteiger partial charge in [-0.2, -0.15) is 0 Å². The maximum absolute atomic E-state index is 14.1. The standard InChI is InChI=1S/C39H47N9O5S/c1-23-34(42-22-54-23)25-11-9-24(10-12-25)17-41-37(52)31-15-27(49)20-48(31)38(53)35(39(2,3)4)43-33(51)21-46-13-14-47-26(19-46)18-40-36-30(47)16-29(44-45-36)28-7-5-6-8-32(28)50/h5-12,16,22,26-27,31,35,49-50H,13-15,17-21H2,1-4H3,(H,40,45)(H,41,52)(H,43,51)/t26-,27-,31+,35-/m1/s1.